The molecule has 0 amide bonds. The molecule has 0 spiro atoms. The average Bonchev–Trinajstić information content (AvgIpc) is 2.43. The van der Waals surface area contributed by atoms with E-state index >= 15 is 0 Å². The van der Waals surface area contributed by atoms with Gasteiger partial charge in [0.1, 0.15) is 0 Å². The van der Waals surface area contributed by atoms with Gasteiger partial charge in [0.25, 0.3) is 6.10 Å². The molecule has 1 saturated heterocycles. The maximum absolute atomic E-state index is 11.4. The van der Waals surface area contributed by atoms with E-state index in [1.54, 1.807) is 6.92 Å². The van der Waals surface area contributed by atoms with E-state index in [2.05, 4.69) is 28.4 Å². The van der Waals surface area contributed by atoms with Crippen molar-refractivity contribution in [2.75, 3.05) is 45.9 Å². The molecule has 1 fully saturated rings. The van der Waals surface area contributed by atoms with Crippen molar-refractivity contribution in [3.05, 3.63) is 0 Å². The van der Waals surface area contributed by atoms with Crippen LogP contribution in [0, 0.1) is 0 Å². The van der Waals surface area contributed by atoms with Crippen molar-refractivity contribution in [3.8, 4) is 0 Å². The highest BCUT2D eigenvalue weighted by Crippen LogP contribution is 2.06. The molecule has 7 heteroatoms. The molecule has 21 heavy (non-hydrogen) atoms. The summed E-state index contributed by atoms with van der Waals surface area (Å²) in [5.74, 6) is -2.15. The largest absolute Gasteiger partial charge is 0.479 e. The van der Waals surface area contributed by atoms with Gasteiger partial charge in [-0.15, -0.1) is 0 Å². The standard InChI is InChI=1S/C14H26N2O5/c1-4-20-14(19)12(13(17)18)21-10-9-15-5-7-16(8-6-15)11(2)3/h11-12H,4-10H2,1-3H3,(H,17,18). The molecule has 0 aromatic heterocycles. The van der Waals surface area contributed by atoms with Gasteiger partial charge in [-0.25, -0.2) is 9.59 Å². The lowest BCUT2D eigenvalue weighted by Gasteiger charge is -2.36. The van der Waals surface area contributed by atoms with Crippen molar-refractivity contribution in [2.24, 2.45) is 0 Å². The molecule has 0 aromatic rings. The summed E-state index contributed by atoms with van der Waals surface area (Å²) in [6.07, 6.45) is -1.53. The van der Waals surface area contributed by atoms with Crippen LogP contribution in [0.4, 0.5) is 0 Å². The van der Waals surface area contributed by atoms with Gasteiger partial charge in [0.05, 0.1) is 13.2 Å². The third-order valence-corrected chi connectivity index (χ3v) is 3.55. The van der Waals surface area contributed by atoms with E-state index in [1.165, 1.54) is 0 Å². The van der Waals surface area contributed by atoms with Gasteiger partial charge in [-0.05, 0) is 20.8 Å². The van der Waals surface area contributed by atoms with Gasteiger partial charge in [-0.1, -0.05) is 0 Å². The van der Waals surface area contributed by atoms with Crippen molar-refractivity contribution in [3.63, 3.8) is 0 Å². The Morgan fingerprint density at radius 3 is 2.29 bits per heavy atom. The van der Waals surface area contributed by atoms with E-state index < -0.39 is 18.0 Å². The summed E-state index contributed by atoms with van der Waals surface area (Å²) in [5, 5.41) is 8.96. The molecule has 0 bridgehead atoms. The highest BCUT2D eigenvalue weighted by molar-refractivity contribution is 5.97. The van der Waals surface area contributed by atoms with Gasteiger partial charge in [0.15, 0.2) is 0 Å². The van der Waals surface area contributed by atoms with Gasteiger partial charge in [0.2, 0.25) is 0 Å². The van der Waals surface area contributed by atoms with Crippen LogP contribution < -0.4 is 0 Å². The third-order valence-electron chi connectivity index (χ3n) is 3.55. The van der Waals surface area contributed by atoms with E-state index in [0.29, 0.717) is 12.6 Å². The lowest BCUT2D eigenvalue weighted by Crippen LogP contribution is -2.49. The number of aliphatic carboxylic acids is 1. The fourth-order valence-electron chi connectivity index (χ4n) is 2.26. The first kappa shape index (κ1) is 17.9. The molecule has 1 atom stereocenters. The summed E-state index contributed by atoms with van der Waals surface area (Å²) in [5.41, 5.74) is 0. The van der Waals surface area contributed by atoms with Crippen LogP contribution in [0.5, 0.6) is 0 Å². The normalized spacial score (nSPS) is 18.7. The molecule has 1 aliphatic rings. The number of carboxylic acid groups (broad SMARTS) is 1. The Morgan fingerprint density at radius 2 is 1.81 bits per heavy atom. The van der Waals surface area contributed by atoms with E-state index in [9.17, 15) is 9.59 Å². The van der Waals surface area contributed by atoms with Gasteiger partial charge < -0.3 is 14.6 Å². The first-order valence-corrected chi connectivity index (χ1v) is 7.43. The van der Waals surface area contributed by atoms with Gasteiger partial charge in [-0.2, -0.15) is 0 Å². The number of hydrogen-bond donors (Lipinski definition) is 1. The average molecular weight is 302 g/mol. The number of carbonyl (C=O) groups excluding carboxylic acids is 1. The third kappa shape index (κ3) is 5.99. The van der Waals surface area contributed by atoms with E-state index in [0.717, 1.165) is 26.2 Å². The monoisotopic (exact) mass is 302 g/mol. The first-order valence-electron chi connectivity index (χ1n) is 7.43. The zero-order chi connectivity index (χ0) is 15.8. The predicted octanol–water partition coefficient (Wildman–Crippen LogP) is 0.0453. The lowest BCUT2D eigenvalue weighted by molar-refractivity contribution is -0.169. The van der Waals surface area contributed by atoms with E-state index in [-0.39, 0.29) is 13.2 Å². The van der Waals surface area contributed by atoms with Crippen LogP contribution in [0.15, 0.2) is 0 Å². The first-order chi connectivity index (χ1) is 9.95. The van der Waals surface area contributed by atoms with Crippen LogP contribution in [-0.4, -0.2) is 84.9 Å². The Bertz CT molecular complexity index is 340. The van der Waals surface area contributed by atoms with Crippen molar-refractivity contribution in [1.82, 2.24) is 9.80 Å². The van der Waals surface area contributed by atoms with Gasteiger partial charge in [0, 0.05) is 38.8 Å². The molecule has 1 aliphatic heterocycles. The highest BCUT2D eigenvalue weighted by Gasteiger charge is 2.29. The van der Waals surface area contributed by atoms with Crippen LogP contribution in [0.1, 0.15) is 20.8 Å². The number of piperazine rings is 1. The van der Waals surface area contributed by atoms with Crippen molar-refractivity contribution in [2.45, 2.75) is 32.9 Å². The van der Waals surface area contributed by atoms with Crippen molar-refractivity contribution >= 4 is 11.9 Å². The second-order valence-electron chi connectivity index (χ2n) is 5.31. The van der Waals surface area contributed by atoms with Crippen LogP contribution in [0.25, 0.3) is 0 Å². The van der Waals surface area contributed by atoms with E-state index in [1.807, 2.05) is 0 Å². The minimum atomic E-state index is -1.53. The maximum atomic E-state index is 11.4. The minimum Gasteiger partial charge on any atom is -0.479 e. The lowest BCUT2D eigenvalue weighted by atomic mass is 10.2. The molecule has 1 rings (SSSR count). The molecule has 122 valence electrons. The Hall–Kier alpha value is -1.18. The Labute approximate surface area is 125 Å². The number of ether oxygens (including phenoxy) is 2. The Kier molecular flexibility index (Phi) is 7.63. The summed E-state index contributed by atoms with van der Waals surface area (Å²) in [4.78, 5) is 27.0. The molecule has 0 radical (unpaired) electrons. The van der Waals surface area contributed by atoms with Crippen molar-refractivity contribution < 1.29 is 24.2 Å². The number of hydrogen-bond acceptors (Lipinski definition) is 6. The number of rotatable bonds is 8. The van der Waals surface area contributed by atoms with Crippen LogP contribution in [0.3, 0.4) is 0 Å². The molecule has 0 aliphatic carbocycles. The number of carboxylic acids is 1. The smallest absolute Gasteiger partial charge is 0.347 e. The van der Waals surface area contributed by atoms with Crippen LogP contribution in [-0.2, 0) is 19.1 Å². The fraction of sp³-hybridized carbons (Fsp3) is 0.857. The maximum Gasteiger partial charge on any atom is 0.347 e. The quantitative estimate of drug-likeness (QED) is 0.501. The summed E-state index contributed by atoms with van der Waals surface area (Å²) >= 11 is 0. The Balaban J connectivity index is 2.29. The number of carbonyl (C=O) groups is 2. The fourth-order valence-corrected chi connectivity index (χ4v) is 2.26. The number of nitrogens with zero attached hydrogens (tertiary/aromatic N) is 2. The topological polar surface area (TPSA) is 79.3 Å². The zero-order valence-corrected chi connectivity index (χ0v) is 13.1. The second-order valence-corrected chi connectivity index (χ2v) is 5.31. The molecule has 0 aromatic carbocycles. The van der Waals surface area contributed by atoms with E-state index in [4.69, 9.17) is 9.84 Å². The van der Waals surface area contributed by atoms with Crippen LogP contribution in [0.2, 0.25) is 0 Å². The highest BCUT2D eigenvalue weighted by atomic mass is 16.6. The molecule has 1 N–H and O–H groups in total. The van der Waals surface area contributed by atoms with Crippen LogP contribution >= 0.6 is 0 Å². The summed E-state index contributed by atoms with van der Waals surface area (Å²) in [7, 11) is 0. The molecule has 0 saturated carbocycles. The molecule has 1 unspecified atom stereocenters. The summed E-state index contributed by atoms with van der Waals surface area (Å²) < 4.78 is 9.85. The number of esters is 1. The Morgan fingerprint density at radius 1 is 1.19 bits per heavy atom. The molecular formula is C14H26N2O5. The zero-order valence-electron chi connectivity index (χ0n) is 13.1. The minimum absolute atomic E-state index is 0.142. The van der Waals surface area contributed by atoms with Gasteiger partial charge in [-0.3, -0.25) is 9.80 Å². The molecule has 7 nitrogen and oxygen atoms in total. The van der Waals surface area contributed by atoms with Crippen molar-refractivity contribution in [1.29, 1.82) is 0 Å². The predicted molar refractivity (Wildman–Crippen MR) is 77.2 cm³/mol. The molecular weight excluding hydrogens is 276 g/mol. The SMILES string of the molecule is CCOC(=O)C(OCCN1CCN(C(C)C)CC1)C(=O)O. The molecule has 1 heterocycles. The summed E-state index contributed by atoms with van der Waals surface area (Å²) in [6.45, 7) is 10.8. The summed E-state index contributed by atoms with van der Waals surface area (Å²) in [6, 6.07) is 0.545. The second kappa shape index (κ2) is 8.96. The van der Waals surface area contributed by atoms with Gasteiger partial charge >= 0.3 is 11.9 Å².